The van der Waals surface area contributed by atoms with Crippen molar-refractivity contribution in [2.75, 3.05) is 19.7 Å². The van der Waals surface area contributed by atoms with E-state index in [0.29, 0.717) is 31.4 Å². The number of halogens is 1. The van der Waals surface area contributed by atoms with Crippen molar-refractivity contribution in [3.63, 3.8) is 0 Å². The first kappa shape index (κ1) is 27.7. The van der Waals surface area contributed by atoms with Crippen LogP contribution >= 0.6 is 0 Å². The maximum atomic E-state index is 14.3. The molecular formula is C25H43FN2O4. The maximum absolute atomic E-state index is 14.3. The highest BCUT2D eigenvalue weighted by atomic mass is 19.1. The number of ether oxygens (including phenoxy) is 2. The van der Waals surface area contributed by atoms with Crippen LogP contribution in [0.1, 0.15) is 86.4 Å². The van der Waals surface area contributed by atoms with Gasteiger partial charge in [-0.3, -0.25) is 4.79 Å². The van der Waals surface area contributed by atoms with Gasteiger partial charge in [-0.05, 0) is 85.3 Å². The van der Waals surface area contributed by atoms with Gasteiger partial charge in [0.15, 0.2) is 0 Å². The fourth-order valence-electron chi connectivity index (χ4n) is 3.47. The number of hydrogen-bond acceptors (Lipinski definition) is 4. The molecule has 1 saturated heterocycles. The smallest absolute Gasteiger partial charge is 0.410 e. The van der Waals surface area contributed by atoms with Gasteiger partial charge in [0, 0.05) is 26.1 Å². The lowest BCUT2D eigenvalue weighted by Crippen LogP contribution is -2.41. The lowest BCUT2D eigenvalue weighted by Gasteiger charge is -2.33. The molecule has 0 aromatic heterocycles. The largest absolute Gasteiger partial charge is 0.493 e. The zero-order chi connectivity index (χ0) is 23.2. The molecule has 1 aliphatic rings. The van der Waals surface area contributed by atoms with Crippen LogP contribution in [0.2, 0.25) is 0 Å². The van der Waals surface area contributed by atoms with Gasteiger partial charge in [0.25, 0.3) is 5.91 Å². The quantitative estimate of drug-likeness (QED) is 0.532. The summed E-state index contributed by atoms with van der Waals surface area (Å²) in [5, 5.41) is 2.75. The number of rotatable bonds is 6. The summed E-state index contributed by atoms with van der Waals surface area (Å²) in [7, 11) is 0. The van der Waals surface area contributed by atoms with Gasteiger partial charge < -0.3 is 19.7 Å². The van der Waals surface area contributed by atoms with Crippen LogP contribution in [-0.2, 0) is 4.74 Å². The van der Waals surface area contributed by atoms with Crippen molar-refractivity contribution < 1.29 is 24.9 Å². The van der Waals surface area contributed by atoms with Crippen LogP contribution in [-0.4, -0.2) is 47.7 Å². The second-order valence-electron chi connectivity index (χ2n) is 10.2. The zero-order valence-corrected chi connectivity index (χ0v) is 19.7. The van der Waals surface area contributed by atoms with Gasteiger partial charge in [0.2, 0.25) is 0 Å². The van der Waals surface area contributed by atoms with E-state index in [-0.39, 0.29) is 20.5 Å². The number of amides is 2. The molecule has 184 valence electrons. The highest BCUT2D eigenvalue weighted by molar-refractivity contribution is 5.95. The van der Waals surface area contributed by atoms with E-state index in [0.717, 1.165) is 25.7 Å². The zero-order valence-electron chi connectivity index (χ0n) is 19.7. The van der Waals surface area contributed by atoms with Crippen LogP contribution in [0, 0.1) is 11.7 Å². The first-order valence-electron chi connectivity index (χ1n) is 11.1. The molecule has 0 aliphatic carbocycles. The normalized spacial score (nSPS) is 15.0. The standard InChI is InChI=1S/C24H37FN2O4.CH4.H2/c1-23(2,3)26-21(28)19-10-9-18(16-20(19)25)30-15-7-8-17-11-13-27(14-12-17)22(29)31-24(4,5)6;;/h9-10,16-17H,7-8,11-15H2,1-6H3,(H,26,28);1H4;1H. The third-order valence-corrected chi connectivity index (χ3v) is 4.97. The molecule has 0 saturated carbocycles. The summed E-state index contributed by atoms with van der Waals surface area (Å²) >= 11 is 0. The summed E-state index contributed by atoms with van der Waals surface area (Å²) in [5.74, 6) is -0.0601. The topological polar surface area (TPSA) is 67.9 Å². The molecule has 0 unspecified atom stereocenters. The lowest BCUT2D eigenvalue weighted by atomic mass is 9.92. The average molecular weight is 455 g/mol. The molecule has 1 N–H and O–H groups in total. The van der Waals surface area contributed by atoms with Crippen LogP contribution < -0.4 is 10.1 Å². The van der Waals surface area contributed by atoms with Crippen LogP contribution in [0.5, 0.6) is 5.75 Å². The van der Waals surface area contributed by atoms with E-state index >= 15 is 0 Å². The Labute approximate surface area is 194 Å². The van der Waals surface area contributed by atoms with E-state index in [1.807, 2.05) is 41.5 Å². The van der Waals surface area contributed by atoms with Crippen molar-refractivity contribution in [3.05, 3.63) is 29.6 Å². The van der Waals surface area contributed by atoms with E-state index in [9.17, 15) is 14.0 Å². The number of nitrogens with zero attached hydrogens (tertiary/aromatic N) is 1. The molecule has 2 rings (SSSR count). The second-order valence-corrected chi connectivity index (χ2v) is 10.2. The molecule has 1 aromatic rings. The van der Waals surface area contributed by atoms with E-state index in [1.54, 1.807) is 11.0 Å². The molecule has 0 radical (unpaired) electrons. The molecule has 1 aromatic carbocycles. The molecule has 0 bridgehead atoms. The Bertz CT molecular complexity index is 767. The second kappa shape index (κ2) is 11.5. The van der Waals surface area contributed by atoms with Gasteiger partial charge >= 0.3 is 6.09 Å². The molecule has 7 heteroatoms. The molecule has 1 heterocycles. The minimum atomic E-state index is -0.589. The van der Waals surface area contributed by atoms with Crippen LogP contribution in [0.3, 0.4) is 0 Å². The van der Waals surface area contributed by atoms with Crippen molar-refractivity contribution >= 4 is 12.0 Å². The number of carbonyl (C=O) groups excluding carboxylic acids is 2. The number of piperidine rings is 1. The minimum absolute atomic E-state index is 0. The predicted molar refractivity (Wildman–Crippen MR) is 128 cm³/mol. The van der Waals surface area contributed by atoms with E-state index in [2.05, 4.69) is 5.32 Å². The Morgan fingerprint density at radius 3 is 2.31 bits per heavy atom. The van der Waals surface area contributed by atoms with Crippen molar-refractivity contribution in [2.45, 2.75) is 85.8 Å². The molecular weight excluding hydrogens is 411 g/mol. The molecule has 0 spiro atoms. The fraction of sp³-hybridized carbons (Fsp3) is 0.680. The Morgan fingerprint density at radius 1 is 1.16 bits per heavy atom. The van der Waals surface area contributed by atoms with Gasteiger partial charge in [0.05, 0.1) is 12.2 Å². The molecule has 2 amide bonds. The van der Waals surface area contributed by atoms with Gasteiger partial charge in [-0.1, -0.05) is 7.43 Å². The SMILES string of the molecule is C.CC(C)(C)NC(=O)c1ccc(OCCCC2CCN(C(=O)OC(C)(C)C)CC2)cc1F.[HH]. The van der Waals surface area contributed by atoms with Gasteiger partial charge in [-0.25, -0.2) is 9.18 Å². The number of hydrogen-bond donors (Lipinski definition) is 1. The average Bonchev–Trinajstić information content (AvgIpc) is 2.63. The fourth-order valence-corrected chi connectivity index (χ4v) is 3.47. The van der Waals surface area contributed by atoms with E-state index in [4.69, 9.17) is 9.47 Å². The molecule has 32 heavy (non-hydrogen) atoms. The third kappa shape index (κ3) is 9.45. The molecule has 0 atom stereocenters. The summed E-state index contributed by atoms with van der Waals surface area (Å²) in [4.78, 5) is 26.0. The van der Waals surface area contributed by atoms with Gasteiger partial charge in [0.1, 0.15) is 17.2 Å². The first-order valence-corrected chi connectivity index (χ1v) is 11.1. The molecule has 6 nitrogen and oxygen atoms in total. The van der Waals surface area contributed by atoms with Crippen molar-refractivity contribution in [1.82, 2.24) is 10.2 Å². The first-order chi connectivity index (χ1) is 14.3. The summed E-state index contributed by atoms with van der Waals surface area (Å²) in [6.07, 6.45) is 3.51. The molecule has 1 fully saturated rings. The number of carbonyl (C=O) groups is 2. The predicted octanol–water partition coefficient (Wildman–Crippen LogP) is 6.04. The minimum Gasteiger partial charge on any atom is -0.493 e. The summed E-state index contributed by atoms with van der Waals surface area (Å²) in [6.45, 7) is 13.1. The Kier molecular flexibility index (Phi) is 9.98. The van der Waals surface area contributed by atoms with Crippen LogP contribution in [0.15, 0.2) is 18.2 Å². The van der Waals surface area contributed by atoms with Gasteiger partial charge in [-0.2, -0.15) is 0 Å². The van der Waals surface area contributed by atoms with E-state index in [1.165, 1.54) is 12.1 Å². The molecule has 1 aliphatic heterocycles. The highest BCUT2D eigenvalue weighted by Gasteiger charge is 2.26. The lowest BCUT2D eigenvalue weighted by molar-refractivity contribution is 0.0179. The maximum Gasteiger partial charge on any atom is 0.410 e. The van der Waals surface area contributed by atoms with E-state index < -0.39 is 22.9 Å². The van der Waals surface area contributed by atoms with Crippen molar-refractivity contribution in [1.29, 1.82) is 0 Å². The summed E-state index contributed by atoms with van der Waals surface area (Å²) in [5.41, 5.74) is -0.889. The summed E-state index contributed by atoms with van der Waals surface area (Å²) < 4.78 is 25.4. The number of likely N-dealkylation sites (tertiary alicyclic amines) is 1. The van der Waals surface area contributed by atoms with Crippen LogP contribution in [0.4, 0.5) is 9.18 Å². The number of nitrogens with one attached hydrogen (secondary N) is 1. The van der Waals surface area contributed by atoms with Crippen molar-refractivity contribution in [3.8, 4) is 5.75 Å². The monoisotopic (exact) mass is 454 g/mol. The van der Waals surface area contributed by atoms with Crippen molar-refractivity contribution in [2.24, 2.45) is 5.92 Å². The summed E-state index contributed by atoms with van der Waals surface area (Å²) in [6, 6.07) is 4.34. The Morgan fingerprint density at radius 2 is 1.78 bits per heavy atom. The van der Waals surface area contributed by atoms with Crippen LogP contribution in [0.25, 0.3) is 0 Å². The highest BCUT2D eigenvalue weighted by Crippen LogP contribution is 2.24. The Balaban J connectivity index is 0.00000512. The Hall–Kier alpha value is -2.31. The number of benzene rings is 1. The third-order valence-electron chi connectivity index (χ3n) is 4.97. The van der Waals surface area contributed by atoms with Gasteiger partial charge in [-0.15, -0.1) is 0 Å².